The van der Waals surface area contributed by atoms with Crippen LogP contribution in [0.3, 0.4) is 0 Å². The molecule has 9 nitrogen and oxygen atoms in total. The molecule has 3 N–H and O–H groups in total. The van der Waals surface area contributed by atoms with Gasteiger partial charge in [0.25, 0.3) is 5.91 Å². The fourth-order valence-corrected chi connectivity index (χ4v) is 2.12. The molecule has 0 unspecified atom stereocenters. The zero-order valence-electron chi connectivity index (χ0n) is 14.0. The van der Waals surface area contributed by atoms with Crippen molar-refractivity contribution in [1.29, 1.82) is 0 Å². The van der Waals surface area contributed by atoms with Gasteiger partial charge in [-0.3, -0.25) is 4.79 Å². The summed E-state index contributed by atoms with van der Waals surface area (Å²) in [5.41, 5.74) is 7.78. The van der Waals surface area contributed by atoms with Crippen LogP contribution >= 0.6 is 0 Å². The van der Waals surface area contributed by atoms with E-state index in [9.17, 15) is 4.79 Å². The van der Waals surface area contributed by atoms with E-state index < -0.39 is 0 Å². The number of nitrogens with two attached hydrogens (primary N) is 1. The first kappa shape index (κ1) is 16.4. The van der Waals surface area contributed by atoms with Crippen LogP contribution in [0, 0.1) is 6.92 Å². The summed E-state index contributed by atoms with van der Waals surface area (Å²) in [5, 5.41) is 6.83. The van der Waals surface area contributed by atoms with Gasteiger partial charge in [0.05, 0.1) is 5.56 Å². The third kappa shape index (κ3) is 3.55. The highest BCUT2D eigenvalue weighted by Crippen LogP contribution is 2.23. The average molecular weight is 339 g/mol. The number of hydrogen-bond donors (Lipinski definition) is 2. The van der Waals surface area contributed by atoms with Crippen molar-refractivity contribution in [1.82, 2.24) is 25.0 Å². The number of amides is 1. The molecule has 0 bridgehead atoms. The summed E-state index contributed by atoms with van der Waals surface area (Å²) in [6, 6.07) is 6.99. The van der Waals surface area contributed by atoms with Crippen LogP contribution in [0.2, 0.25) is 0 Å². The molecule has 128 valence electrons. The Morgan fingerprint density at radius 3 is 2.48 bits per heavy atom. The maximum absolute atomic E-state index is 11.9. The van der Waals surface area contributed by atoms with Gasteiger partial charge < -0.3 is 20.5 Å². The minimum Gasteiger partial charge on any atom is -0.383 e. The molecule has 0 aliphatic rings. The molecule has 0 spiro atoms. The highest BCUT2D eigenvalue weighted by Gasteiger charge is 2.13. The molecule has 0 radical (unpaired) electrons. The Labute approximate surface area is 143 Å². The Kier molecular flexibility index (Phi) is 4.29. The number of carbonyl (C=O) groups is 1. The summed E-state index contributed by atoms with van der Waals surface area (Å²) >= 11 is 0. The van der Waals surface area contributed by atoms with E-state index in [1.807, 2.05) is 0 Å². The molecular weight excluding hydrogens is 322 g/mol. The first-order valence-electron chi connectivity index (χ1n) is 7.46. The quantitative estimate of drug-likeness (QED) is 0.738. The van der Waals surface area contributed by atoms with Gasteiger partial charge in [0.15, 0.2) is 0 Å². The maximum atomic E-state index is 11.9. The summed E-state index contributed by atoms with van der Waals surface area (Å²) in [5.74, 6) is 1.27. The van der Waals surface area contributed by atoms with Crippen LogP contribution < -0.4 is 11.1 Å². The minimum atomic E-state index is -0.0631. The average Bonchev–Trinajstić information content (AvgIpc) is 3.01. The van der Waals surface area contributed by atoms with Gasteiger partial charge in [0.1, 0.15) is 5.82 Å². The number of nitrogen functional groups attached to an aromatic ring is 1. The molecule has 2 heterocycles. The number of hydrogen-bond acceptors (Lipinski definition) is 8. The first-order valence-corrected chi connectivity index (χ1v) is 7.46. The second-order valence-corrected chi connectivity index (χ2v) is 5.53. The number of rotatable bonds is 4. The highest BCUT2D eigenvalue weighted by atomic mass is 16.5. The van der Waals surface area contributed by atoms with Crippen molar-refractivity contribution in [2.24, 2.45) is 0 Å². The smallest absolute Gasteiger partial charge is 0.253 e. The van der Waals surface area contributed by atoms with Gasteiger partial charge in [0, 0.05) is 38.5 Å². The van der Waals surface area contributed by atoms with Crippen LogP contribution in [-0.2, 0) is 0 Å². The van der Waals surface area contributed by atoms with Crippen molar-refractivity contribution in [2.45, 2.75) is 6.92 Å². The van der Waals surface area contributed by atoms with Crippen LogP contribution in [0.25, 0.3) is 11.4 Å². The molecule has 3 aromatic rings. The molecule has 2 aromatic heterocycles. The molecule has 1 amide bonds. The molecular formula is C16H17N7O2. The molecule has 0 aliphatic heterocycles. The van der Waals surface area contributed by atoms with Crippen LogP contribution in [-0.4, -0.2) is 45.0 Å². The van der Waals surface area contributed by atoms with E-state index in [1.165, 1.54) is 11.1 Å². The molecule has 0 saturated heterocycles. The molecule has 0 saturated carbocycles. The molecule has 3 rings (SSSR count). The van der Waals surface area contributed by atoms with Crippen molar-refractivity contribution < 1.29 is 9.32 Å². The lowest BCUT2D eigenvalue weighted by atomic mass is 10.2. The minimum absolute atomic E-state index is 0.0631. The van der Waals surface area contributed by atoms with Gasteiger partial charge in [-0.2, -0.15) is 9.97 Å². The van der Waals surface area contributed by atoms with Crippen molar-refractivity contribution in [3.63, 3.8) is 0 Å². The molecule has 0 atom stereocenters. The van der Waals surface area contributed by atoms with Crippen molar-refractivity contribution in [3.05, 3.63) is 41.9 Å². The van der Waals surface area contributed by atoms with Gasteiger partial charge >= 0.3 is 0 Å². The Morgan fingerprint density at radius 1 is 1.20 bits per heavy atom. The predicted molar refractivity (Wildman–Crippen MR) is 92.2 cm³/mol. The predicted octanol–water partition coefficient (Wildman–Crippen LogP) is 1.86. The van der Waals surface area contributed by atoms with E-state index in [-0.39, 0.29) is 11.7 Å². The molecule has 1 aromatic carbocycles. The lowest BCUT2D eigenvalue weighted by Crippen LogP contribution is -2.21. The van der Waals surface area contributed by atoms with E-state index >= 15 is 0 Å². The van der Waals surface area contributed by atoms with Crippen LogP contribution in [0.1, 0.15) is 16.2 Å². The van der Waals surface area contributed by atoms with Crippen LogP contribution in [0.15, 0.2) is 35.0 Å². The lowest BCUT2D eigenvalue weighted by Gasteiger charge is -2.11. The SMILES string of the molecule is Cc1nc(-c2cnc(Nc3ccc(C(=O)N(C)C)cc3)nc2N)no1. The number of aryl methyl sites for hydroxylation is 1. The number of aromatic nitrogens is 4. The van der Waals surface area contributed by atoms with Gasteiger partial charge in [-0.15, -0.1) is 0 Å². The van der Waals surface area contributed by atoms with Gasteiger partial charge in [-0.1, -0.05) is 5.16 Å². The van der Waals surface area contributed by atoms with E-state index in [4.69, 9.17) is 10.3 Å². The third-order valence-corrected chi connectivity index (χ3v) is 3.38. The Morgan fingerprint density at radius 2 is 1.92 bits per heavy atom. The molecule has 0 fully saturated rings. The van der Waals surface area contributed by atoms with E-state index in [0.29, 0.717) is 28.8 Å². The topological polar surface area (TPSA) is 123 Å². The van der Waals surface area contributed by atoms with Crippen molar-refractivity contribution in [2.75, 3.05) is 25.1 Å². The largest absolute Gasteiger partial charge is 0.383 e. The number of nitrogens with zero attached hydrogens (tertiary/aromatic N) is 5. The number of carbonyl (C=O) groups excluding carboxylic acids is 1. The fourth-order valence-electron chi connectivity index (χ4n) is 2.12. The Bertz CT molecular complexity index is 903. The number of benzene rings is 1. The molecule has 0 aliphatic carbocycles. The van der Waals surface area contributed by atoms with Crippen molar-refractivity contribution in [3.8, 4) is 11.4 Å². The lowest BCUT2D eigenvalue weighted by molar-refractivity contribution is 0.0827. The first-order chi connectivity index (χ1) is 11.9. The normalized spacial score (nSPS) is 10.5. The van der Waals surface area contributed by atoms with E-state index in [1.54, 1.807) is 45.3 Å². The van der Waals surface area contributed by atoms with Gasteiger partial charge in [0.2, 0.25) is 17.7 Å². The highest BCUT2D eigenvalue weighted by molar-refractivity contribution is 5.94. The zero-order valence-corrected chi connectivity index (χ0v) is 14.0. The summed E-state index contributed by atoms with van der Waals surface area (Å²) in [4.78, 5) is 25.9. The standard InChI is InChI=1S/C16H17N7O2/c1-9-19-14(22-25-9)12-8-18-16(21-13(12)17)20-11-6-4-10(5-7-11)15(24)23(2)3/h4-8H,1-3H3,(H3,17,18,20,21). The zero-order chi connectivity index (χ0) is 18.0. The van der Waals surface area contributed by atoms with E-state index in [0.717, 1.165) is 5.69 Å². The molecule has 25 heavy (non-hydrogen) atoms. The second-order valence-electron chi connectivity index (χ2n) is 5.53. The fraction of sp³-hybridized carbons (Fsp3) is 0.188. The third-order valence-electron chi connectivity index (χ3n) is 3.38. The van der Waals surface area contributed by atoms with E-state index in [2.05, 4.69) is 25.4 Å². The summed E-state index contributed by atoms with van der Waals surface area (Å²) in [6.07, 6.45) is 1.53. The summed E-state index contributed by atoms with van der Waals surface area (Å²) in [7, 11) is 3.41. The second kappa shape index (κ2) is 6.56. The summed E-state index contributed by atoms with van der Waals surface area (Å²) < 4.78 is 4.93. The van der Waals surface area contributed by atoms with Crippen LogP contribution in [0.5, 0.6) is 0 Å². The molecule has 9 heteroatoms. The van der Waals surface area contributed by atoms with Crippen molar-refractivity contribution >= 4 is 23.4 Å². The maximum Gasteiger partial charge on any atom is 0.253 e. The Balaban J connectivity index is 1.77. The number of anilines is 3. The van der Waals surface area contributed by atoms with Gasteiger partial charge in [-0.05, 0) is 24.3 Å². The van der Waals surface area contributed by atoms with Gasteiger partial charge in [-0.25, -0.2) is 4.98 Å². The monoisotopic (exact) mass is 339 g/mol. The Hall–Kier alpha value is -3.49. The summed E-state index contributed by atoms with van der Waals surface area (Å²) in [6.45, 7) is 1.69. The van der Waals surface area contributed by atoms with Crippen LogP contribution in [0.4, 0.5) is 17.5 Å². The number of nitrogens with one attached hydrogen (secondary N) is 1.